The number of benzene rings is 1. The SMILES string of the molecule is CCCCCC1CCC(C2CCC(C=CC3CCC(c4ccc(F)cc4)CC3)CC2)CC1. The minimum atomic E-state index is -0.116. The van der Waals surface area contributed by atoms with E-state index in [9.17, 15) is 4.39 Å². The van der Waals surface area contributed by atoms with Gasteiger partial charge in [0.2, 0.25) is 0 Å². The summed E-state index contributed by atoms with van der Waals surface area (Å²) in [5, 5.41) is 0. The zero-order valence-corrected chi connectivity index (χ0v) is 20.6. The van der Waals surface area contributed by atoms with Crippen molar-refractivity contribution in [1.82, 2.24) is 0 Å². The fraction of sp³-hybridized carbons (Fsp3) is 0.742. The smallest absolute Gasteiger partial charge is 0.123 e. The van der Waals surface area contributed by atoms with Gasteiger partial charge in [-0.05, 0) is 117 Å². The van der Waals surface area contributed by atoms with Gasteiger partial charge < -0.3 is 0 Å². The molecule has 178 valence electrons. The predicted molar refractivity (Wildman–Crippen MR) is 135 cm³/mol. The van der Waals surface area contributed by atoms with Crippen molar-refractivity contribution in [2.75, 3.05) is 0 Å². The van der Waals surface area contributed by atoms with Crippen molar-refractivity contribution in [2.24, 2.45) is 29.6 Å². The average Bonchev–Trinajstić information content (AvgIpc) is 2.85. The maximum Gasteiger partial charge on any atom is 0.123 e. The molecule has 0 bridgehead atoms. The maximum absolute atomic E-state index is 13.2. The van der Waals surface area contributed by atoms with Crippen molar-refractivity contribution in [3.63, 3.8) is 0 Å². The van der Waals surface area contributed by atoms with Crippen molar-refractivity contribution in [1.29, 1.82) is 0 Å². The van der Waals surface area contributed by atoms with E-state index in [0.29, 0.717) is 5.92 Å². The molecule has 0 atom stereocenters. The average molecular weight is 439 g/mol. The second kappa shape index (κ2) is 12.4. The Morgan fingerprint density at radius 3 is 1.78 bits per heavy atom. The normalized spacial score (nSPS) is 34.1. The summed E-state index contributed by atoms with van der Waals surface area (Å²) in [5.74, 6) is 5.26. The summed E-state index contributed by atoms with van der Waals surface area (Å²) in [7, 11) is 0. The molecule has 1 aromatic carbocycles. The summed E-state index contributed by atoms with van der Waals surface area (Å²) >= 11 is 0. The van der Waals surface area contributed by atoms with Gasteiger partial charge >= 0.3 is 0 Å². The Bertz CT molecular complexity index is 665. The molecule has 0 heterocycles. The van der Waals surface area contributed by atoms with Crippen LogP contribution in [0.3, 0.4) is 0 Å². The topological polar surface area (TPSA) is 0 Å². The van der Waals surface area contributed by atoms with Crippen molar-refractivity contribution < 1.29 is 4.39 Å². The van der Waals surface area contributed by atoms with Gasteiger partial charge in [-0.2, -0.15) is 0 Å². The Morgan fingerprint density at radius 1 is 0.688 bits per heavy atom. The van der Waals surface area contributed by atoms with Crippen LogP contribution in [0.4, 0.5) is 4.39 Å². The maximum atomic E-state index is 13.2. The van der Waals surface area contributed by atoms with E-state index in [2.05, 4.69) is 19.1 Å². The van der Waals surface area contributed by atoms with E-state index in [4.69, 9.17) is 0 Å². The van der Waals surface area contributed by atoms with Crippen LogP contribution in [0, 0.1) is 35.4 Å². The van der Waals surface area contributed by atoms with Gasteiger partial charge in [-0.1, -0.05) is 69.7 Å². The summed E-state index contributed by atoms with van der Waals surface area (Å²) in [6, 6.07) is 7.23. The summed E-state index contributed by atoms with van der Waals surface area (Å²) in [6.07, 6.45) is 28.0. The Balaban J connectivity index is 1.13. The minimum absolute atomic E-state index is 0.116. The number of allylic oxidation sites excluding steroid dienone is 2. The number of hydrogen-bond acceptors (Lipinski definition) is 0. The van der Waals surface area contributed by atoms with E-state index in [1.807, 2.05) is 12.1 Å². The monoisotopic (exact) mass is 438 g/mol. The highest BCUT2D eigenvalue weighted by Gasteiger charge is 2.30. The van der Waals surface area contributed by atoms with Crippen LogP contribution < -0.4 is 0 Å². The molecule has 0 unspecified atom stereocenters. The first-order valence-electron chi connectivity index (χ1n) is 14.1. The molecule has 0 spiro atoms. The van der Waals surface area contributed by atoms with Gasteiger partial charge in [0.1, 0.15) is 5.82 Å². The first-order valence-corrected chi connectivity index (χ1v) is 14.1. The van der Waals surface area contributed by atoms with Crippen LogP contribution >= 0.6 is 0 Å². The van der Waals surface area contributed by atoms with Crippen LogP contribution in [0.2, 0.25) is 0 Å². The third-order valence-electron chi connectivity index (χ3n) is 9.36. The fourth-order valence-electron chi connectivity index (χ4n) is 7.13. The number of rotatable bonds is 8. The molecule has 0 aliphatic heterocycles. The first-order chi connectivity index (χ1) is 15.7. The molecular weight excluding hydrogens is 391 g/mol. The summed E-state index contributed by atoms with van der Waals surface area (Å²) in [6.45, 7) is 2.32. The summed E-state index contributed by atoms with van der Waals surface area (Å²) < 4.78 is 13.2. The zero-order chi connectivity index (χ0) is 22.2. The van der Waals surface area contributed by atoms with Crippen molar-refractivity contribution in [3.8, 4) is 0 Å². The molecule has 3 saturated carbocycles. The molecule has 32 heavy (non-hydrogen) atoms. The molecule has 0 N–H and O–H groups in total. The quantitative estimate of drug-likeness (QED) is 0.280. The van der Waals surface area contributed by atoms with E-state index in [1.54, 1.807) is 12.1 Å². The van der Waals surface area contributed by atoms with Crippen molar-refractivity contribution in [3.05, 3.63) is 47.8 Å². The van der Waals surface area contributed by atoms with Crippen LogP contribution in [0.1, 0.15) is 121 Å². The molecule has 1 aromatic rings. The molecule has 0 aromatic heterocycles. The summed E-state index contributed by atoms with van der Waals surface area (Å²) in [4.78, 5) is 0. The molecular formula is C31H47F. The molecule has 4 rings (SSSR count). The van der Waals surface area contributed by atoms with E-state index >= 15 is 0 Å². The largest absolute Gasteiger partial charge is 0.207 e. The second-order valence-electron chi connectivity index (χ2n) is 11.5. The van der Waals surface area contributed by atoms with Crippen LogP contribution in [0.25, 0.3) is 0 Å². The molecule has 0 saturated heterocycles. The number of unbranched alkanes of at least 4 members (excludes halogenated alkanes) is 2. The Hall–Kier alpha value is -1.11. The molecule has 0 amide bonds. The predicted octanol–water partition coefficient (Wildman–Crippen LogP) is 9.85. The van der Waals surface area contributed by atoms with E-state index in [-0.39, 0.29) is 5.82 Å². The standard InChI is InChI=1S/C31H47F/c1-2-3-4-5-24-8-14-27(15-9-24)28-16-10-25(11-17-28)6-7-26-12-18-29(19-13-26)30-20-22-31(32)23-21-30/h6-7,20-29H,2-5,8-19H2,1H3. The highest BCUT2D eigenvalue weighted by Crippen LogP contribution is 2.43. The van der Waals surface area contributed by atoms with E-state index in [0.717, 1.165) is 29.6 Å². The molecule has 1 heteroatoms. The third kappa shape index (κ3) is 6.94. The Labute approximate surface area is 197 Å². The van der Waals surface area contributed by atoms with Crippen molar-refractivity contribution in [2.45, 2.75) is 116 Å². The first kappa shape index (κ1) is 24.0. The van der Waals surface area contributed by atoms with Gasteiger partial charge in [-0.25, -0.2) is 4.39 Å². The lowest BCUT2D eigenvalue weighted by atomic mass is 9.68. The fourth-order valence-corrected chi connectivity index (χ4v) is 7.13. The molecule has 3 fully saturated rings. The van der Waals surface area contributed by atoms with Gasteiger partial charge in [0.05, 0.1) is 0 Å². The lowest BCUT2D eigenvalue weighted by Gasteiger charge is -2.37. The van der Waals surface area contributed by atoms with Gasteiger partial charge in [0.15, 0.2) is 0 Å². The molecule has 0 radical (unpaired) electrons. The number of halogens is 1. The Kier molecular flexibility index (Phi) is 9.30. The molecule has 0 nitrogen and oxygen atoms in total. The number of hydrogen-bond donors (Lipinski definition) is 0. The van der Waals surface area contributed by atoms with Crippen LogP contribution in [-0.4, -0.2) is 0 Å². The van der Waals surface area contributed by atoms with Crippen LogP contribution in [0.15, 0.2) is 36.4 Å². The lowest BCUT2D eigenvalue weighted by molar-refractivity contribution is 0.151. The Morgan fingerprint density at radius 2 is 1.22 bits per heavy atom. The van der Waals surface area contributed by atoms with Crippen LogP contribution in [0.5, 0.6) is 0 Å². The van der Waals surface area contributed by atoms with Gasteiger partial charge in [0.25, 0.3) is 0 Å². The second-order valence-corrected chi connectivity index (χ2v) is 11.5. The lowest BCUT2D eigenvalue weighted by Crippen LogP contribution is -2.25. The van der Waals surface area contributed by atoms with Gasteiger partial charge in [-0.3, -0.25) is 0 Å². The van der Waals surface area contributed by atoms with E-state index in [1.165, 1.54) is 108 Å². The van der Waals surface area contributed by atoms with Crippen LogP contribution in [-0.2, 0) is 0 Å². The third-order valence-corrected chi connectivity index (χ3v) is 9.36. The van der Waals surface area contributed by atoms with E-state index < -0.39 is 0 Å². The highest BCUT2D eigenvalue weighted by atomic mass is 19.1. The summed E-state index contributed by atoms with van der Waals surface area (Å²) in [5.41, 5.74) is 1.34. The van der Waals surface area contributed by atoms with Gasteiger partial charge in [-0.15, -0.1) is 0 Å². The highest BCUT2D eigenvalue weighted by molar-refractivity contribution is 5.21. The molecule has 3 aliphatic rings. The molecule has 3 aliphatic carbocycles. The minimum Gasteiger partial charge on any atom is -0.207 e. The zero-order valence-electron chi connectivity index (χ0n) is 20.6. The van der Waals surface area contributed by atoms with Crippen molar-refractivity contribution >= 4 is 0 Å². The van der Waals surface area contributed by atoms with Gasteiger partial charge in [0, 0.05) is 0 Å².